The first-order valence-corrected chi connectivity index (χ1v) is 7.54. The lowest BCUT2D eigenvalue weighted by molar-refractivity contribution is 0.266. The van der Waals surface area contributed by atoms with Crippen molar-refractivity contribution in [3.05, 3.63) is 34.9 Å². The molecule has 1 aromatic rings. The van der Waals surface area contributed by atoms with Crippen molar-refractivity contribution in [2.45, 2.75) is 59.2 Å². The fourth-order valence-corrected chi connectivity index (χ4v) is 3.06. The number of rotatable bonds is 4. The third-order valence-corrected chi connectivity index (χ3v) is 4.34. The van der Waals surface area contributed by atoms with Crippen LogP contribution in [0, 0.1) is 13.8 Å². The summed E-state index contributed by atoms with van der Waals surface area (Å²) < 4.78 is 0. The fourth-order valence-electron chi connectivity index (χ4n) is 3.06. The van der Waals surface area contributed by atoms with Gasteiger partial charge in [-0.25, -0.2) is 0 Å². The molecule has 1 heterocycles. The van der Waals surface area contributed by atoms with Crippen molar-refractivity contribution in [1.82, 2.24) is 10.2 Å². The maximum Gasteiger partial charge on any atom is 0.0297 e. The normalized spacial score (nSPS) is 22.1. The zero-order chi connectivity index (χ0) is 14.0. The molecule has 0 spiro atoms. The molecule has 1 aliphatic rings. The topological polar surface area (TPSA) is 15.3 Å². The quantitative estimate of drug-likeness (QED) is 0.892. The lowest BCUT2D eigenvalue weighted by Crippen LogP contribution is -2.36. The van der Waals surface area contributed by atoms with Crippen LogP contribution in [0.5, 0.6) is 0 Å². The van der Waals surface area contributed by atoms with Crippen LogP contribution in [0.4, 0.5) is 0 Å². The highest BCUT2D eigenvalue weighted by molar-refractivity contribution is 5.32. The summed E-state index contributed by atoms with van der Waals surface area (Å²) in [6.45, 7) is 13.7. The highest BCUT2D eigenvalue weighted by Crippen LogP contribution is 2.21. The van der Waals surface area contributed by atoms with E-state index in [1.165, 1.54) is 36.2 Å². The summed E-state index contributed by atoms with van der Waals surface area (Å²) in [5.74, 6) is 0. The average molecular weight is 260 g/mol. The van der Waals surface area contributed by atoms with Crippen LogP contribution < -0.4 is 5.32 Å². The first-order chi connectivity index (χ1) is 8.97. The maximum atomic E-state index is 3.81. The number of aryl methyl sites for hydroxylation is 2. The highest BCUT2D eigenvalue weighted by Gasteiger charge is 2.25. The Balaban J connectivity index is 1.98. The second kappa shape index (κ2) is 6.06. The van der Waals surface area contributed by atoms with E-state index in [9.17, 15) is 0 Å². The van der Waals surface area contributed by atoms with Crippen LogP contribution in [-0.2, 0) is 0 Å². The van der Waals surface area contributed by atoms with Gasteiger partial charge >= 0.3 is 0 Å². The Kier molecular flexibility index (Phi) is 4.64. The maximum absolute atomic E-state index is 3.81. The summed E-state index contributed by atoms with van der Waals surface area (Å²) in [5, 5.41) is 3.81. The molecule has 2 heteroatoms. The van der Waals surface area contributed by atoms with Gasteiger partial charge in [-0.2, -0.15) is 0 Å². The van der Waals surface area contributed by atoms with E-state index in [0.717, 1.165) is 0 Å². The smallest absolute Gasteiger partial charge is 0.0297 e. The number of hydrogen-bond acceptors (Lipinski definition) is 2. The highest BCUT2D eigenvalue weighted by atomic mass is 15.2. The molecular formula is C17H28N2. The van der Waals surface area contributed by atoms with Crippen molar-refractivity contribution in [2.75, 3.05) is 13.1 Å². The molecule has 1 saturated heterocycles. The molecule has 1 N–H and O–H groups in total. The van der Waals surface area contributed by atoms with Gasteiger partial charge < -0.3 is 5.32 Å². The fraction of sp³-hybridized carbons (Fsp3) is 0.647. The average Bonchev–Trinajstić information content (AvgIpc) is 2.80. The van der Waals surface area contributed by atoms with Crippen molar-refractivity contribution in [2.24, 2.45) is 0 Å². The van der Waals surface area contributed by atoms with Crippen LogP contribution >= 0.6 is 0 Å². The van der Waals surface area contributed by atoms with Gasteiger partial charge in [0.1, 0.15) is 0 Å². The van der Waals surface area contributed by atoms with Crippen molar-refractivity contribution in [1.29, 1.82) is 0 Å². The molecule has 1 aromatic carbocycles. The molecule has 0 radical (unpaired) electrons. The number of hydrogen-bond donors (Lipinski definition) is 1. The molecule has 0 saturated carbocycles. The molecule has 1 aliphatic heterocycles. The Morgan fingerprint density at radius 1 is 1.21 bits per heavy atom. The van der Waals surface area contributed by atoms with E-state index >= 15 is 0 Å². The van der Waals surface area contributed by atoms with Crippen LogP contribution in [-0.4, -0.2) is 30.1 Å². The molecule has 106 valence electrons. The Morgan fingerprint density at radius 3 is 2.58 bits per heavy atom. The van der Waals surface area contributed by atoms with E-state index in [2.05, 4.69) is 63.0 Å². The summed E-state index contributed by atoms with van der Waals surface area (Å²) in [7, 11) is 0. The van der Waals surface area contributed by atoms with Crippen molar-refractivity contribution < 1.29 is 0 Å². The third kappa shape index (κ3) is 3.58. The summed E-state index contributed by atoms with van der Waals surface area (Å²) in [4.78, 5) is 2.56. The van der Waals surface area contributed by atoms with Crippen LogP contribution in [0.3, 0.4) is 0 Å². The Hall–Kier alpha value is -0.860. The third-order valence-electron chi connectivity index (χ3n) is 4.34. The lowest BCUT2D eigenvalue weighted by atomic mass is 9.99. The second-order valence-electron chi connectivity index (χ2n) is 6.32. The van der Waals surface area contributed by atoms with Crippen molar-refractivity contribution >= 4 is 0 Å². The van der Waals surface area contributed by atoms with Gasteiger partial charge in [-0.1, -0.05) is 23.8 Å². The summed E-state index contributed by atoms with van der Waals surface area (Å²) in [6, 6.07) is 8.50. The zero-order valence-corrected chi connectivity index (χ0v) is 13.0. The first-order valence-electron chi connectivity index (χ1n) is 7.54. The largest absolute Gasteiger partial charge is 0.306 e. The number of benzene rings is 1. The predicted molar refractivity (Wildman–Crippen MR) is 82.6 cm³/mol. The van der Waals surface area contributed by atoms with Gasteiger partial charge in [0, 0.05) is 24.7 Å². The molecule has 0 aliphatic carbocycles. The minimum absolute atomic E-state index is 0.442. The predicted octanol–water partition coefficient (Wildman–Crippen LogP) is 3.44. The van der Waals surface area contributed by atoms with Gasteiger partial charge in [-0.15, -0.1) is 0 Å². The van der Waals surface area contributed by atoms with Gasteiger partial charge in [-0.3, -0.25) is 4.90 Å². The van der Waals surface area contributed by atoms with E-state index in [1.807, 2.05) is 0 Å². The second-order valence-corrected chi connectivity index (χ2v) is 6.32. The number of nitrogens with zero attached hydrogens (tertiary/aromatic N) is 1. The Bertz CT molecular complexity index is 425. The molecule has 2 unspecified atom stereocenters. The van der Waals surface area contributed by atoms with Gasteiger partial charge in [0.25, 0.3) is 0 Å². The molecular weight excluding hydrogens is 232 g/mol. The minimum atomic E-state index is 0.442. The minimum Gasteiger partial charge on any atom is -0.306 e. The molecule has 0 aromatic heterocycles. The van der Waals surface area contributed by atoms with Crippen molar-refractivity contribution in [3.63, 3.8) is 0 Å². The first kappa shape index (κ1) is 14.5. The van der Waals surface area contributed by atoms with E-state index in [0.29, 0.717) is 18.1 Å². The Labute approximate surface area is 118 Å². The molecule has 0 amide bonds. The van der Waals surface area contributed by atoms with Gasteiger partial charge in [0.05, 0.1) is 0 Å². The van der Waals surface area contributed by atoms with Crippen LogP contribution in [0.2, 0.25) is 0 Å². The van der Waals surface area contributed by atoms with Crippen LogP contribution in [0.15, 0.2) is 18.2 Å². The van der Waals surface area contributed by atoms with Gasteiger partial charge in [0.15, 0.2) is 0 Å². The molecule has 19 heavy (non-hydrogen) atoms. The van der Waals surface area contributed by atoms with Crippen LogP contribution in [0.25, 0.3) is 0 Å². The Morgan fingerprint density at radius 2 is 1.95 bits per heavy atom. The molecule has 2 nitrogen and oxygen atoms in total. The summed E-state index contributed by atoms with van der Waals surface area (Å²) >= 11 is 0. The summed E-state index contributed by atoms with van der Waals surface area (Å²) in [5.41, 5.74) is 4.19. The lowest BCUT2D eigenvalue weighted by Gasteiger charge is -2.24. The zero-order valence-electron chi connectivity index (χ0n) is 13.0. The van der Waals surface area contributed by atoms with E-state index in [1.54, 1.807) is 0 Å². The van der Waals surface area contributed by atoms with Gasteiger partial charge in [0.2, 0.25) is 0 Å². The number of nitrogens with one attached hydrogen (secondary N) is 1. The van der Waals surface area contributed by atoms with E-state index in [-0.39, 0.29) is 0 Å². The monoisotopic (exact) mass is 260 g/mol. The molecule has 2 atom stereocenters. The molecule has 1 fully saturated rings. The number of likely N-dealkylation sites (tertiary alicyclic amines) is 1. The van der Waals surface area contributed by atoms with E-state index < -0.39 is 0 Å². The molecule has 0 bridgehead atoms. The standard InChI is InChI=1S/C17H28N2/c1-12(2)19-9-8-16(11-19)18-15(5)17-10-13(3)6-7-14(17)4/h6-7,10,12,15-16,18H,8-9,11H2,1-5H3. The van der Waals surface area contributed by atoms with Crippen molar-refractivity contribution in [3.8, 4) is 0 Å². The summed E-state index contributed by atoms with van der Waals surface area (Å²) in [6.07, 6.45) is 1.27. The van der Waals surface area contributed by atoms with E-state index in [4.69, 9.17) is 0 Å². The molecule has 2 rings (SSSR count). The van der Waals surface area contributed by atoms with Gasteiger partial charge in [-0.05, 0) is 58.7 Å². The van der Waals surface area contributed by atoms with Crippen LogP contribution in [0.1, 0.15) is 49.9 Å². The SMILES string of the molecule is Cc1ccc(C)c(C(C)NC2CCN(C(C)C)C2)c1.